The molecule has 0 N–H and O–H groups in total. The van der Waals surface area contributed by atoms with Gasteiger partial charge in [-0.1, -0.05) is 39.7 Å². The van der Waals surface area contributed by atoms with Crippen molar-refractivity contribution in [3.05, 3.63) is 87.0 Å². The van der Waals surface area contributed by atoms with Crippen LogP contribution in [-0.4, -0.2) is 45.2 Å². The first-order valence-corrected chi connectivity index (χ1v) is 14.2. The molecule has 1 atom stereocenters. The van der Waals surface area contributed by atoms with E-state index in [-0.39, 0.29) is 18.5 Å². The van der Waals surface area contributed by atoms with Gasteiger partial charge in [-0.15, -0.1) is 0 Å². The first-order valence-electron chi connectivity index (χ1n) is 13.0. The normalized spacial score (nSPS) is 18.6. The number of halogens is 3. The van der Waals surface area contributed by atoms with Crippen molar-refractivity contribution in [1.29, 1.82) is 0 Å². The summed E-state index contributed by atoms with van der Waals surface area (Å²) >= 11 is 9.43. The van der Waals surface area contributed by atoms with Crippen LogP contribution in [0.5, 0.6) is 5.88 Å². The molecule has 0 bridgehead atoms. The van der Waals surface area contributed by atoms with Crippen LogP contribution < -0.4 is 4.74 Å². The number of aromatic nitrogens is 3. The van der Waals surface area contributed by atoms with E-state index in [9.17, 15) is 4.39 Å². The molecule has 2 fully saturated rings. The van der Waals surface area contributed by atoms with Crippen LogP contribution in [0.3, 0.4) is 0 Å². The van der Waals surface area contributed by atoms with Crippen molar-refractivity contribution in [2.75, 3.05) is 19.7 Å². The second-order valence-corrected chi connectivity index (χ2v) is 11.4. The van der Waals surface area contributed by atoms with Gasteiger partial charge in [0.1, 0.15) is 18.2 Å². The molecule has 2 aliphatic rings. The molecule has 0 unspecified atom stereocenters. The fraction of sp³-hybridized carbons (Fsp3) is 0.379. The van der Waals surface area contributed by atoms with E-state index in [0.29, 0.717) is 22.4 Å². The van der Waals surface area contributed by atoms with Crippen molar-refractivity contribution in [3.8, 4) is 5.88 Å². The molecule has 4 heterocycles. The summed E-state index contributed by atoms with van der Waals surface area (Å²) in [5.41, 5.74) is 3.66. The molecule has 6 rings (SSSR count). The molecule has 2 aliphatic heterocycles. The summed E-state index contributed by atoms with van der Waals surface area (Å²) in [7, 11) is 0. The molecule has 0 spiro atoms. The van der Waals surface area contributed by atoms with Crippen LogP contribution in [0.1, 0.15) is 42.3 Å². The standard InChI is InChI=1S/C29H29BrClFN4O2/c30-21-5-7-27-26(14-21)33-28(36(27)16-23-10-13-37-23)17-35-11-8-19(9-12-35)25-2-1-3-29(34-25)38-18-20-4-6-22(31)15-24(20)32/h1-7,14-15,19,23H,8-13,16-18H2/t23-/m0/s1. The average Bonchev–Trinajstić information content (AvgIpc) is 3.22. The van der Waals surface area contributed by atoms with Crippen LogP contribution in [0.15, 0.2) is 59.1 Å². The van der Waals surface area contributed by atoms with Crippen molar-refractivity contribution in [2.24, 2.45) is 0 Å². The maximum absolute atomic E-state index is 14.1. The second-order valence-electron chi connectivity index (χ2n) is 10.0. The predicted octanol–water partition coefficient (Wildman–Crippen LogP) is 6.73. The van der Waals surface area contributed by atoms with Crippen molar-refractivity contribution >= 4 is 38.6 Å². The predicted molar refractivity (Wildman–Crippen MR) is 149 cm³/mol. The molecule has 0 radical (unpaired) electrons. The minimum atomic E-state index is -0.373. The molecule has 4 aromatic rings. The molecular formula is C29H29BrClFN4O2. The minimum Gasteiger partial charge on any atom is -0.473 e. The molecule has 0 aliphatic carbocycles. The lowest BCUT2D eigenvalue weighted by Crippen LogP contribution is -2.35. The molecule has 2 aromatic heterocycles. The topological polar surface area (TPSA) is 52.4 Å². The Hall–Kier alpha value is -2.52. The number of hydrogen-bond donors (Lipinski definition) is 0. The van der Waals surface area contributed by atoms with Gasteiger partial charge < -0.3 is 14.0 Å². The maximum Gasteiger partial charge on any atom is 0.213 e. The molecule has 0 saturated carbocycles. The van der Waals surface area contributed by atoms with E-state index in [2.05, 4.69) is 49.7 Å². The molecule has 198 valence electrons. The third-order valence-electron chi connectivity index (χ3n) is 7.48. The highest BCUT2D eigenvalue weighted by atomic mass is 79.9. The van der Waals surface area contributed by atoms with Crippen LogP contribution in [0, 0.1) is 5.82 Å². The van der Waals surface area contributed by atoms with Gasteiger partial charge in [-0.25, -0.2) is 14.4 Å². The summed E-state index contributed by atoms with van der Waals surface area (Å²) in [5, 5.41) is 0.371. The third-order valence-corrected chi connectivity index (χ3v) is 8.20. The van der Waals surface area contributed by atoms with E-state index in [4.69, 9.17) is 31.0 Å². The van der Waals surface area contributed by atoms with E-state index in [0.717, 1.165) is 79.1 Å². The maximum atomic E-state index is 14.1. The highest BCUT2D eigenvalue weighted by Crippen LogP contribution is 2.30. The summed E-state index contributed by atoms with van der Waals surface area (Å²) in [5.74, 6) is 1.59. The Morgan fingerprint density at radius 3 is 2.66 bits per heavy atom. The monoisotopic (exact) mass is 598 g/mol. The molecule has 38 heavy (non-hydrogen) atoms. The van der Waals surface area contributed by atoms with E-state index in [1.807, 2.05) is 12.1 Å². The van der Waals surface area contributed by atoms with Crippen LogP contribution in [0.2, 0.25) is 5.02 Å². The highest BCUT2D eigenvalue weighted by Gasteiger charge is 2.26. The Labute approximate surface area is 234 Å². The lowest BCUT2D eigenvalue weighted by atomic mass is 9.93. The van der Waals surface area contributed by atoms with E-state index >= 15 is 0 Å². The van der Waals surface area contributed by atoms with Crippen LogP contribution >= 0.6 is 27.5 Å². The molecule has 2 saturated heterocycles. The van der Waals surface area contributed by atoms with Gasteiger partial charge in [0.2, 0.25) is 5.88 Å². The highest BCUT2D eigenvalue weighted by molar-refractivity contribution is 9.10. The zero-order valence-corrected chi connectivity index (χ0v) is 23.3. The minimum absolute atomic E-state index is 0.112. The number of nitrogens with zero attached hydrogens (tertiary/aromatic N) is 4. The summed E-state index contributed by atoms with van der Waals surface area (Å²) in [6, 6.07) is 16.8. The quantitative estimate of drug-likeness (QED) is 0.225. The van der Waals surface area contributed by atoms with Gasteiger partial charge in [0, 0.05) is 39.3 Å². The largest absolute Gasteiger partial charge is 0.473 e. The fourth-order valence-corrected chi connectivity index (χ4v) is 5.73. The molecule has 6 nitrogen and oxygen atoms in total. The van der Waals surface area contributed by atoms with E-state index in [1.54, 1.807) is 12.1 Å². The number of rotatable bonds is 8. The van der Waals surface area contributed by atoms with Gasteiger partial charge in [0.25, 0.3) is 0 Å². The molecule has 9 heteroatoms. The smallest absolute Gasteiger partial charge is 0.213 e. The van der Waals surface area contributed by atoms with Crippen LogP contribution in [0.4, 0.5) is 4.39 Å². The number of imidazole rings is 1. The second kappa shape index (κ2) is 11.3. The lowest BCUT2D eigenvalue weighted by Gasteiger charge is -2.32. The van der Waals surface area contributed by atoms with Gasteiger partial charge >= 0.3 is 0 Å². The van der Waals surface area contributed by atoms with Crippen molar-refractivity contribution in [2.45, 2.75) is 51.0 Å². The van der Waals surface area contributed by atoms with Gasteiger partial charge in [-0.2, -0.15) is 0 Å². The molecule has 0 amide bonds. The van der Waals surface area contributed by atoms with Crippen LogP contribution in [-0.2, 0) is 24.4 Å². The number of piperidine rings is 1. The summed E-state index contributed by atoms with van der Waals surface area (Å²) in [4.78, 5) is 12.2. The average molecular weight is 600 g/mol. The first-order chi connectivity index (χ1) is 18.5. The molecule has 2 aromatic carbocycles. The number of likely N-dealkylation sites (tertiary alicyclic amines) is 1. The van der Waals surface area contributed by atoms with E-state index in [1.165, 1.54) is 6.07 Å². The lowest BCUT2D eigenvalue weighted by molar-refractivity contribution is -0.0592. The zero-order chi connectivity index (χ0) is 26.1. The number of pyridine rings is 1. The Morgan fingerprint density at radius 2 is 1.89 bits per heavy atom. The van der Waals surface area contributed by atoms with Crippen molar-refractivity contribution in [3.63, 3.8) is 0 Å². The zero-order valence-electron chi connectivity index (χ0n) is 21.0. The number of benzene rings is 2. The summed E-state index contributed by atoms with van der Waals surface area (Å²) in [6.45, 7) is 4.57. The Balaban J connectivity index is 1.09. The molecular weight excluding hydrogens is 571 g/mol. The number of fused-ring (bicyclic) bond motifs is 1. The Morgan fingerprint density at radius 1 is 1.05 bits per heavy atom. The summed E-state index contributed by atoms with van der Waals surface area (Å²) < 4.78 is 29.0. The van der Waals surface area contributed by atoms with Crippen molar-refractivity contribution < 1.29 is 13.9 Å². The summed E-state index contributed by atoms with van der Waals surface area (Å²) in [6.07, 6.45) is 3.41. The van der Waals surface area contributed by atoms with Gasteiger partial charge in [0.15, 0.2) is 0 Å². The van der Waals surface area contributed by atoms with Crippen molar-refractivity contribution in [1.82, 2.24) is 19.4 Å². The number of ether oxygens (including phenoxy) is 2. The number of hydrogen-bond acceptors (Lipinski definition) is 5. The SMILES string of the molecule is Fc1cc(Cl)ccc1COc1cccc(C2CCN(Cc3nc4cc(Br)ccc4n3C[C@@H]3CCO3)CC2)n1. The fourth-order valence-electron chi connectivity index (χ4n) is 5.23. The van der Waals surface area contributed by atoms with Gasteiger partial charge in [-0.05, 0) is 68.8 Å². The van der Waals surface area contributed by atoms with Gasteiger partial charge in [-0.3, -0.25) is 4.90 Å². The Bertz CT molecular complexity index is 1440. The van der Waals surface area contributed by atoms with Crippen LogP contribution in [0.25, 0.3) is 11.0 Å². The Kier molecular flexibility index (Phi) is 7.66. The van der Waals surface area contributed by atoms with E-state index < -0.39 is 0 Å². The first kappa shape index (κ1) is 25.7. The third kappa shape index (κ3) is 5.73. The van der Waals surface area contributed by atoms with Gasteiger partial charge in [0.05, 0.1) is 30.2 Å².